The molecule has 1 saturated carbocycles. The van der Waals surface area contributed by atoms with Crippen molar-refractivity contribution < 1.29 is 0 Å². The number of anilines is 1. The first kappa shape index (κ1) is 11.9. The molecule has 1 aromatic carbocycles. The van der Waals surface area contributed by atoms with E-state index >= 15 is 0 Å². The van der Waals surface area contributed by atoms with E-state index in [9.17, 15) is 0 Å². The van der Waals surface area contributed by atoms with Crippen molar-refractivity contribution in [3.8, 4) is 11.3 Å². The molecule has 0 amide bonds. The Balaban J connectivity index is 2.13. The zero-order chi connectivity index (χ0) is 12.9. The molecule has 18 heavy (non-hydrogen) atoms. The SMILES string of the molecule is Cn1c(C2CC2)nc(-c2cc(Cl)cc(Cl)c2)c1N. The minimum absolute atomic E-state index is 0.556. The van der Waals surface area contributed by atoms with Gasteiger partial charge in [-0.05, 0) is 31.0 Å². The molecular weight excluding hydrogens is 269 g/mol. The van der Waals surface area contributed by atoms with Crippen LogP contribution in [0.1, 0.15) is 24.6 Å². The quantitative estimate of drug-likeness (QED) is 0.909. The first-order valence-electron chi connectivity index (χ1n) is 5.85. The molecule has 0 atom stereocenters. The maximum Gasteiger partial charge on any atom is 0.131 e. The van der Waals surface area contributed by atoms with Crippen molar-refractivity contribution in [2.75, 3.05) is 5.73 Å². The second-order valence-electron chi connectivity index (χ2n) is 4.70. The molecule has 1 fully saturated rings. The number of benzene rings is 1. The number of hydrogen-bond donors (Lipinski definition) is 1. The van der Waals surface area contributed by atoms with Gasteiger partial charge >= 0.3 is 0 Å². The first-order chi connectivity index (χ1) is 8.56. The Morgan fingerprint density at radius 1 is 1.22 bits per heavy atom. The second kappa shape index (κ2) is 4.18. The van der Waals surface area contributed by atoms with Crippen LogP contribution in [-0.2, 0) is 7.05 Å². The molecule has 2 N–H and O–H groups in total. The highest BCUT2D eigenvalue weighted by molar-refractivity contribution is 6.35. The van der Waals surface area contributed by atoms with Gasteiger partial charge in [0.15, 0.2) is 0 Å². The van der Waals surface area contributed by atoms with Gasteiger partial charge in [-0.25, -0.2) is 4.98 Å². The molecule has 0 aliphatic heterocycles. The molecule has 2 aromatic rings. The smallest absolute Gasteiger partial charge is 0.131 e. The van der Waals surface area contributed by atoms with Crippen LogP contribution in [0.4, 0.5) is 5.82 Å². The zero-order valence-corrected chi connectivity index (χ0v) is 11.5. The Hall–Kier alpha value is -1.19. The van der Waals surface area contributed by atoms with Gasteiger partial charge in [0.1, 0.15) is 17.3 Å². The highest BCUT2D eigenvalue weighted by Crippen LogP contribution is 2.42. The molecule has 3 nitrogen and oxygen atoms in total. The highest BCUT2D eigenvalue weighted by Gasteiger charge is 2.29. The van der Waals surface area contributed by atoms with Crippen LogP contribution in [0, 0.1) is 0 Å². The summed E-state index contributed by atoms with van der Waals surface area (Å²) in [5.74, 6) is 2.27. The molecule has 1 aliphatic carbocycles. The molecule has 0 spiro atoms. The molecular formula is C13H13Cl2N3. The monoisotopic (exact) mass is 281 g/mol. The van der Waals surface area contributed by atoms with Crippen LogP contribution in [0.15, 0.2) is 18.2 Å². The number of hydrogen-bond acceptors (Lipinski definition) is 2. The van der Waals surface area contributed by atoms with Crippen molar-refractivity contribution in [1.82, 2.24) is 9.55 Å². The Labute approximate surface area is 116 Å². The molecule has 1 aromatic heterocycles. The van der Waals surface area contributed by atoms with Crippen LogP contribution in [0.3, 0.4) is 0 Å². The van der Waals surface area contributed by atoms with E-state index in [-0.39, 0.29) is 0 Å². The summed E-state index contributed by atoms with van der Waals surface area (Å²) in [7, 11) is 1.95. The summed E-state index contributed by atoms with van der Waals surface area (Å²) in [6, 6.07) is 5.37. The van der Waals surface area contributed by atoms with Gasteiger partial charge in [0.25, 0.3) is 0 Å². The van der Waals surface area contributed by atoms with Gasteiger partial charge in [-0.3, -0.25) is 0 Å². The van der Waals surface area contributed by atoms with E-state index in [4.69, 9.17) is 28.9 Å². The number of aromatic nitrogens is 2. The number of nitrogen functional groups attached to an aromatic ring is 1. The van der Waals surface area contributed by atoms with Gasteiger partial charge in [-0.1, -0.05) is 23.2 Å². The molecule has 94 valence electrons. The van der Waals surface area contributed by atoms with Gasteiger partial charge in [-0.15, -0.1) is 0 Å². The summed E-state index contributed by atoms with van der Waals surface area (Å²) < 4.78 is 1.96. The summed E-state index contributed by atoms with van der Waals surface area (Å²) in [5, 5.41) is 1.19. The number of nitrogens with two attached hydrogens (primary N) is 1. The van der Waals surface area contributed by atoms with Crippen molar-refractivity contribution in [3.63, 3.8) is 0 Å². The summed E-state index contributed by atoms with van der Waals surface area (Å²) >= 11 is 12.0. The van der Waals surface area contributed by atoms with Crippen molar-refractivity contribution in [2.24, 2.45) is 7.05 Å². The van der Waals surface area contributed by atoms with Crippen LogP contribution in [0.25, 0.3) is 11.3 Å². The van der Waals surface area contributed by atoms with Crippen LogP contribution >= 0.6 is 23.2 Å². The maximum atomic E-state index is 6.12. The lowest BCUT2D eigenvalue weighted by Gasteiger charge is -2.02. The Bertz CT molecular complexity index is 595. The molecule has 0 bridgehead atoms. The highest BCUT2D eigenvalue weighted by atomic mass is 35.5. The largest absolute Gasteiger partial charge is 0.383 e. The van der Waals surface area contributed by atoms with Crippen LogP contribution in [0.5, 0.6) is 0 Å². The van der Waals surface area contributed by atoms with E-state index in [0.717, 1.165) is 17.1 Å². The van der Waals surface area contributed by atoms with Gasteiger partial charge in [0, 0.05) is 28.6 Å². The Morgan fingerprint density at radius 2 is 1.83 bits per heavy atom. The summed E-state index contributed by atoms with van der Waals surface area (Å²) in [6.07, 6.45) is 2.39. The Kier molecular flexibility index (Phi) is 2.76. The lowest BCUT2D eigenvalue weighted by atomic mass is 10.1. The average Bonchev–Trinajstić information content (AvgIpc) is 3.07. The van der Waals surface area contributed by atoms with E-state index in [0.29, 0.717) is 21.8 Å². The third-order valence-electron chi connectivity index (χ3n) is 3.25. The third kappa shape index (κ3) is 1.98. The van der Waals surface area contributed by atoms with Gasteiger partial charge in [0.2, 0.25) is 0 Å². The second-order valence-corrected chi connectivity index (χ2v) is 5.57. The summed E-state index contributed by atoms with van der Waals surface area (Å²) in [6.45, 7) is 0. The minimum atomic E-state index is 0.556. The topological polar surface area (TPSA) is 43.8 Å². The van der Waals surface area contributed by atoms with Gasteiger partial charge in [-0.2, -0.15) is 0 Å². The Morgan fingerprint density at radius 3 is 2.39 bits per heavy atom. The van der Waals surface area contributed by atoms with Crippen molar-refractivity contribution in [1.29, 1.82) is 0 Å². The van der Waals surface area contributed by atoms with E-state index in [1.54, 1.807) is 6.07 Å². The molecule has 0 saturated heterocycles. The standard InChI is InChI=1S/C13H13Cl2N3/c1-18-12(16)11(17-13(18)7-2-3-7)8-4-9(14)6-10(15)5-8/h4-7H,2-3,16H2,1H3. The van der Waals surface area contributed by atoms with E-state index in [1.807, 2.05) is 23.7 Å². The average molecular weight is 282 g/mol. The van der Waals surface area contributed by atoms with Crippen LogP contribution < -0.4 is 5.73 Å². The van der Waals surface area contributed by atoms with E-state index in [2.05, 4.69) is 4.98 Å². The predicted octanol–water partition coefficient (Wildman–Crippen LogP) is 3.85. The molecule has 0 radical (unpaired) electrons. The van der Waals surface area contributed by atoms with E-state index < -0.39 is 0 Å². The molecule has 3 rings (SSSR count). The van der Waals surface area contributed by atoms with Crippen molar-refractivity contribution >= 4 is 29.0 Å². The molecule has 5 heteroatoms. The number of rotatable bonds is 2. The molecule has 1 aliphatic rings. The predicted molar refractivity (Wildman–Crippen MR) is 75.1 cm³/mol. The lowest BCUT2D eigenvalue weighted by Crippen LogP contribution is -2.00. The molecule has 0 unspecified atom stereocenters. The summed E-state index contributed by atoms with van der Waals surface area (Å²) in [4.78, 5) is 4.64. The summed E-state index contributed by atoms with van der Waals surface area (Å²) in [5.41, 5.74) is 7.75. The first-order valence-corrected chi connectivity index (χ1v) is 6.60. The minimum Gasteiger partial charge on any atom is -0.383 e. The lowest BCUT2D eigenvalue weighted by molar-refractivity contribution is 0.807. The normalized spacial score (nSPS) is 15.1. The maximum absolute atomic E-state index is 6.12. The number of nitrogens with zero attached hydrogens (tertiary/aromatic N) is 2. The number of halogens is 2. The van der Waals surface area contributed by atoms with Crippen LogP contribution in [-0.4, -0.2) is 9.55 Å². The van der Waals surface area contributed by atoms with Crippen LogP contribution in [0.2, 0.25) is 10.0 Å². The van der Waals surface area contributed by atoms with Gasteiger partial charge in [0.05, 0.1) is 0 Å². The van der Waals surface area contributed by atoms with Crippen molar-refractivity contribution in [3.05, 3.63) is 34.1 Å². The zero-order valence-electron chi connectivity index (χ0n) is 9.95. The number of imidazole rings is 1. The van der Waals surface area contributed by atoms with Gasteiger partial charge < -0.3 is 10.3 Å². The van der Waals surface area contributed by atoms with Crippen molar-refractivity contribution in [2.45, 2.75) is 18.8 Å². The fraction of sp³-hybridized carbons (Fsp3) is 0.308. The molecule has 1 heterocycles. The fourth-order valence-electron chi connectivity index (χ4n) is 2.14. The fourth-order valence-corrected chi connectivity index (χ4v) is 2.66. The third-order valence-corrected chi connectivity index (χ3v) is 3.69. The van der Waals surface area contributed by atoms with E-state index in [1.165, 1.54) is 12.8 Å².